The van der Waals surface area contributed by atoms with Crippen LogP contribution in [0.1, 0.15) is 84.0 Å². The summed E-state index contributed by atoms with van der Waals surface area (Å²) in [7, 11) is 4.78. The van der Waals surface area contributed by atoms with Crippen LogP contribution in [0, 0.1) is 0 Å². The fourth-order valence-electron chi connectivity index (χ4n) is 2.77. The second-order valence-corrected chi connectivity index (χ2v) is 7.75. The molecule has 0 atom stereocenters. The van der Waals surface area contributed by atoms with Crippen LogP contribution in [0.2, 0.25) is 0 Å². The normalized spacial score (nSPS) is 11.4. The highest BCUT2D eigenvalue weighted by Gasteiger charge is 2.13. The maximum absolute atomic E-state index is 3.52. The van der Waals surface area contributed by atoms with E-state index in [4.69, 9.17) is 0 Å². The fraction of sp³-hybridized carbons (Fsp3) is 1.00. The van der Waals surface area contributed by atoms with Crippen LogP contribution in [-0.2, 0) is 0 Å². The molecule has 0 unspecified atom stereocenters. The van der Waals surface area contributed by atoms with Crippen molar-refractivity contribution in [2.75, 3.05) is 32.5 Å². The summed E-state index contributed by atoms with van der Waals surface area (Å²) in [5.74, 6) is 0. The summed E-state index contributed by atoms with van der Waals surface area (Å²) in [6.07, 6.45) is 17.1. The van der Waals surface area contributed by atoms with Gasteiger partial charge in [-0.25, -0.2) is 0 Å². The molecule has 130 valence electrons. The van der Waals surface area contributed by atoms with Gasteiger partial charge in [0.15, 0.2) is 0 Å². The molecular weight excluding hydrogens is 390 g/mol. The minimum absolute atomic E-state index is 0. The summed E-state index contributed by atoms with van der Waals surface area (Å²) in [4.78, 5) is 0. The molecule has 0 saturated carbocycles. The van der Waals surface area contributed by atoms with E-state index in [0.29, 0.717) is 0 Å². The van der Waals surface area contributed by atoms with Crippen LogP contribution in [0.25, 0.3) is 0 Å². The molecule has 0 aliphatic carbocycles. The first-order valence-electron chi connectivity index (χ1n) is 9.00. The molecule has 0 amide bonds. The highest BCUT2D eigenvalue weighted by atomic mass is 79.9. The van der Waals surface area contributed by atoms with Crippen molar-refractivity contribution in [1.29, 1.82) is 0 Å². The Morgan fingerprint density at radius 1 is 0.619 bits per heavy atom. The van der Waals surface area contributed by atoms with Gasteiger partial charge in [0.25, 0.3) is 0 Å². The number of hydrogen-bond acceptors (Lipinski definition) is 0. The Bertz CT molecular complexity index is 196. The fourth-order valence-corrected chi connectivity index (χ4v) is 3.17. The van der Waals surface area contributed by atoms with Gasteiger partial charge in [0.1, 0.15) is 0 Å². The summed E-state index contributed by atoms with van der Waals surface area (Å²) >= 11 is 3.52. The average Bonchev–Trinajstić information content (AvgIpc) is 2.41. The molecule has 0 aromatic rings. The summed E-state index contributed by atoms with van der Waals surface area (Å²) in [5.41, 5.74) is 0. The highest BCUT2D eigenvalue weighted by Crippen LogP contribution is 2.12. The predicted octanol–water partition coefficient (Wildman–Crippen LogP) is 3.16. The molecule has 0 aromatic heterocycles. The third-order valence-electron chi connectivity index (χ3n) is 4.26. The topological polar surface area (TPSA) is 0 Å². The lowest BCUT2D eigenvalue weighted by Crippen LogP contribution is -3.00. The summed E-state index contributed by atoms with van der Waals surface area (Å²) in [6, 6.07) is 0. The van der Waals surface area contributed by atoms with Gasteiger partial charge in [0.2, 0.25) is 0 Å². The Balaban J connectivity index is 0. The number of quaternary nitrogens is 1. The van der Waals surface area contributed by atoms with E-state index in [1.165, 1.54) is 94.6 Å². The van der Waals surface area contributed by atoms with Gasteiger partial charge in [0, 0.05) is 5.33 Å². The van der Waals surface area contributed by atoms with Gasteiger partial charge in [-0.15, -0.1) is 0 Å². The number of alkyl halides is 1. The van der Waals surface area contributed by atoms with Crippen LogP contribution >= 0.6 is 15.9 Å². The first-order chi connectivity index (χ1) is 9.62. The minimum Gasteiger partial charge on any atom is -1.00 e. The standard InChI is InChI=1S/C18H39BrN.BrH/c1-4-5-6-7-8-9-10-11-12-14-17-20(2,3)18-15-13-16-19;/h4-18H2,1-3H3;1H/q+1;/p-1. The molecule has 0 fully saturated rings. The molecule has 0 aliphatic heterocycles. The zero-order chi connectivity index (χ0) is 15.1. The van der Waals surface area contributed by atoms with Crippen molar-refractivity contribution in [2.45, 2.75) is 84.0 Å². The van der Waals surface area contributed by atoms with Crippen molar-refractivity contribution in [3.8, 4) is 0 Å². The second kappa shape index (κ2) is 17.3. The first kappa shape index (κ1) is 24.2. The van der Waals surface area contributed by atoms with Crippen molar-refractivity contribution in [1.82, 2.24) is 0 Å². The Morgan fingerprint density at radius 2 is 1.00 bits per heavy atom. The summed E-state index contributed by atoms with van der Waals surface area (Å²) in [6.45, 7) is 4.99. The van der Waals surface area contributed by atoms with Gasteiger partial charge in [-0.2, -0.15) is 0 Å². The van der Waals surface area contributed by atoms with Crippen molar-refractivity contribution in [3.05, 3.63) is 0 Å². The minimum atomic E-state index is 0. The maximum atomic E-state index is 3.52. The smallest absolute Gasteiger partial charge is 0.0782 e. The lowest BCUT2D eigenvalue weighted by atomic mass is 10.1. The molecule has 1 nitrogen and oxygen atoms in total. The van der Waals surface area contributed by atoms with E-state index >= 15 is 0 Å². The lowest BCUT2D eigenvalue weighted by Gasteiger charge is -2.29. The molecule has 0 radical (unpaired) electrons. The largest absolute Gasteiger partial charge is 1.00 e. The summed E-state index contributed by atoms with van der Waals surface area (Å²) in [5, 5.41) is 1.16. The molecule has 0 rings (SSSR count). The zero-order valence-electron chi connectivity index (χ0n) is 14.8. The number of rotatable bonds is 15. The van der Waals surface area contributed by atoms with Gasteiger partial charge >= 0.3 is 0 Å². The maximum Gasteiger partial charge on any atom is 0.0782 e. The van der Waals surface area contributed by atoms with Gasteiger partial charge in [-0.05, 0) is 25.7 Å². The third-order valence-corrected chi connectivity index (χ3v) is 4.82. The number of nitrogens with zero attached hydrogens (tertiary/aromatic N) is 1. The predicted molar refractivity (Wildman–Crippen MR) is 96.7 cm³/mol. The van der Waals surface area contributed by atoms with E-state index < -0.39 is 0 Å². The van der Waals surface area contributed by atoms with E-state index in [2.05, 4.69) is 36.9 Å². The van der Waals surface area contributed by atoms with Crippen LogP contribution < -0.4 is 17.0 Å². The van der Waals surface area contributed by atoms with E-state index in [0.717, 1.165) is 5.33 Å². The number of halogens is 2. The first-order valence-corrected chi connectivity index (χ1v) is 10.1. The Kier molecular flexibility index (Phi) is 19.9. The Labute approximate surface area is 153 Å². The van der Waals surface area contributed by atoms with Crippen molar-refractivity contribution in [2.24, 2.45) is 0 Å². The molecule has 0 aliphatic rings. The van der Waals surface area contributed by atoms with Gasteiger partial charge in [-0.1, -0.05) is 74.2 Å². The third kappa shape index (κ3) is 18.9. The Hall–Kier alpha value is 0.920. The SMILES string of the molecule is CCCCCCCCCCCC[N+](C)(C)CCCCBr.[Br-]. The molecule has 3 heteroatoms. The molecule has 0 bridgehead atoms. The van der Waals surface area contributed by atoms with E-state index in [9.17, 15) is 0 Å². The quantitative estimate of drug-likeness (QED) is 0.213. The average molecular weight is 429 g/mol. The number of unbranched alkanes of at least 4 members (excludes halogenated alkanes) is 10. The number of hydrogen-bond donors (Lipinski definition) is 0. The second-order valence-electron chi connectivity index (χ2n) is 6.96. The van der Waals surface area contributed by atoms with Gasteiger partial charge in [-0.3, -0.25) is 0 Å². The summed E-state index contributed by atoms with van der Waals surface area (Å²) < 4.78 is 1.21. The van der Waals surface area contributed by atoms with Crippen molar-refractivity contribution in [3.63, 3.8) is 0 Å². The zero-order valence-corrected chi connectivity index (χ0v) is 18.0. The lowest BCUT2D eigenvalue weighted by molar-refractivity contribution is -0.890. The van der Waals surface area contributed by atoms with Crippen LogP contribution in [-0.4, -0.2) is 37.0 Å². The van der Waals surface area contributed by atoms with Crippen LogP contribution in [0.5, 0.6) is 0 Å². The molecule has 0 heterocycles. The molecule has 0 N–H and O–H groups in total. The molecule has 0 saturated heterocycles. The van der Waals surface area contributed by atoms with Crippen LogP contribution in [0.4, 0.5) is 0 Å². The highest BCUT2D eigenvalue weighted by molar-refractivity contribution is 9.09. The molecule has 0 aromatic carbocycles. The van der Waals surface area contributed by atoms with E-state index in [1.54, 1.807) is 0 Å². The molecular formula is C18H39Br2N. The van der Waals surface area contributed by atoms with E-state index in [1.807, 2.05) is 0 Å². The van der Waals surface area contributed by atoms with Gasteiger partial charge < -0.3 is 21.5 Å². The van der Waals surface area contributed by atoms with Crippen LogP contribution in [0.3, 0.4) is 0 Å². The molecule has 0 spiro atoms. The van der Waals surface area contributed by atoms with Gasteiger partial charge in [0.05, 0.1) is 27.2 Å². The van der Waals surface area contributed by atoms with E-state index in [-0.39, 0.29) is 17.0 Å². The monoisotopic (exact) mass is 427 g/mol. The van der Waals surface area contributed by atoms with Crippen molar-refractivity contribution < 1.29 is 21.5 Å². The molecule has 21 heavy (non-hydrogen) atoms. The van der Waals surface area contributed by atoms with Crippen molar-refractivity contribution >= 4 is 15.9 Å². The Morgan fingerprint density at radius 3 is 1.43 bits per heavy atom. The van der Waals surface area contributed by atoms with Crippen LogP contribution in [0.15, 0.2) is 0 Å².